The van der Waals surface area contributed by atoms with Gasteiger partial charge in [-0.2, -0.15) is 0 Å². The number of thioether (sulfide) groups is 1. The number of aliphatic hydroxyl groups is 2. The van der Waals surface area contributed by atoms with E-state index in [0.29, 0.717) is 6.07 Å². The first-order valence-corrected chi connectivity index (χ1v) is 6.05. The minimum absolute atomic E-state index is 0.0901. The fourth-order valence-corrected chi connectivity index (χ4v) is 1.90. The van der Waals surface area contributed by atoms with Crippen molar-refractivity contribution in [2.24, 2.45) is 0 Å². The minimum atomic E-state index is -1.57. The summed E-state index contributed by atoms with van der Waals surface area (Å²) in [5.41, 5.74) is 4.63. The van der Waals surface area contributed by atoms with Crippen molar-refractivity contribution in [1.82, 2.24) is 0 Å². The lowest BCUT2D eigenvalue weighted by Gasteiger charge is -2.18. The maximum Gasteiger partial charge on any atom is 0.185 e. The lowest BCUT2D eigenvalue weighted by Crippen LogP contribution is -2.22. The highest BCUT2D eigenvalue weighted by Gasteiger charge is 2.23. The SMILES string of the molecule is CC(=O)SCC(O)C(O)c1cc(N)c(F)cc1F. The number of rotatable bonds is 4. The van der Waals surface area contributed by atoms with Crippen LogP contribution in [0.2, 0.25) is 0 Å². The molecular weight excluding hydrogens is 264 g/mol. The zero-order valence-corrected chi connectivity index (χ0v) is 10.4. The van der Waals surface area contributed by atoms with Crippen LogP contribution >= 0.6 is 11.8 Å². The van der Waals surface area contributed by atoms with Crippen LogP contribution in [0.15, 0.2) is 12.1 Å². The van der Waals surface area contributed by atoms with Gasteiger partial charge in [-0.15, -0.1) is 0 Å². The average Bonchev–Trinajstić information content (AvgIpc) is 2.29. The van der Waals surface area contributed by atoms with E-state index in [1.54, 1.807) is 0 Å². The van der Waals surface area contributed by atoms with Crippen LogP contribution in [0.5, 0.6) is 0 Å². The minimum Gasteiger partial charge on any atom is -0.396 e. The first kappa shape index (κ1) is 14.9. The molecule has 0 heterocycles. The van der Waals surface area contributed by atoms with Gasteiger partial charge in [-0.05, 0) is 6.07 Å². The van der Waals surface area contributed by atoms with Gasteiger partial charge in [0.25, 0.3) is 0 Å². The Bertz CT molecular complexity index is 456. The summed E-state index contributed by atoms with van der Waals surface area (Å²) >= 11 is 0.799. The normalized spacial score (nSPS) is 14.3. The van der Waals surface area contributed by atoms with Crippen LogP contribution in [-0.2, 0) is 4.79 Å². The van der Waals surface area contributed by atoms with Gasteiger partial charge >= 0.3 is 0 Å². The molecule has 18 heavy (non-hydrogen) atoms. The van der Waals surface area contributed by atoms with E-state index in [9.17, 15) is 23.8 Å². The summed E-state index contributed by atoms with van der Waals surface area (Å²) in [6.45, 7) is 1.31. The zero-order valence-electron chi connectivity index (χ0n) is 9.56. The number of hydrogen-bond donors (Lipinski definition) is 3. The molecule has 0 radical (unpaired) electrons. The third-order valence-corrected chi connectivity index (χ3v) is 3.17. The van der Waals surface area contributed by atoms with E-state index in [0.717, 1.165) is 17.8 Å². The van der Waals surface area contributed by atoms with Crippen molar-refractivity contribution in [2.45, 2.75) is 19.1 Å². The number of halogens is 2. The summed E-state index contributed by atoms with van der Waals surface area (Å²) in [6.07, 6.45) is -2.92. The van der Waals surface area contributed by atoms with Gasteiger partial charge in [0.2, 0.25) is 0 Å². The van der Waals surface area contributed by atoms with Crippen LogP contribution in [0.25, 0.3) is 0 Å². The number of aliphatic hydroxyl groups excluding tert-OH is 2. The van der Waals surface area contributed by atoms with Crippen LogP contribution in [0.1, 0.15) is 18.6 Å². The molecule has 1 rings (SSSR count). The monoisotopic (exact) mass is 277 g/mol. The van der Waals surface area contributed by atoms with Crippen LogP contribution in [0, 0.1) is 11.6 Å². The van der Waals surface area contributed by atoms with Gasteiger partial charge in [0.1, 0.15) is 17.7 Å². The van der Waals surface area contributed by atoms with Crippen LogP contribution in [0.3, 0.4) is 0 Å². The molecule has 0 amide bonds. The Morgan fingerprint density at radius 1 is 1.39 bits per heavy atom. The van der Waals surface area contributed by atoms with Crippen molar-refractivity contribution in [1.29, 1.82) is 0 Å². The lowest BCUT2D eigenvalue weighted by molar-refractivity contribution is -0.109. The number of nitrogen functional groups attached to an aromatic ring is 1. The molecule has 1 aromatic carbocycles. The highest BCUT2D eigenvalue weighted by Crippen LogP contribution is 2.26. The highest BCUT2D eigenvalue weighted by molar-refractivity contribution is 8.13. The predicted octanol–water partition coefficient (Wildman–Crippen LogP) is 1.22. The zero-order chi connectivity index (χ0) is 13.9. The summed E-state index contributed by atoms with van der Waals surface area (Å²) < 4.78 is 26.3. The second-order valence-corrected chi connectivity index (χ2v) is 4.91. The Morgan fingerprint density at radius 3 is 2.56 bits per heavy atom. The molecule has 0 saturated heterocycles. The quantitative estimate of drug-likeness (QED) is 0.721. The molecule has 2 unspecified atom stereocenters. The second-order valence-electron chi connectivity index (χ2n) is 3.71. The average molecular weight is 277 g/mol. The molecule has 0 bridgehead atoms. The molecule has 0 aliphatic rings. The van der Waals surface area contributed by atoms with E-state index in [1.807, 2.05) is 0 Å². The maximum absolute atomic E-state index is 13.4. The number of carbonyl (C=O) groups is 1. The number of hydrogen-bond acceptors (Lipinski definition) is 5. The molecular formula is C11H13F2NO3S. The van der Waals surface area contributed by atoms with Crippen molar-refractivity contribution in [3.05, 3.63) is 29.3 Å². The molecule has 0 fully saturated rings. The standard InChI is InChI=1S/C11H13F2NO3S/c1-5(15)18-4-10(16)11(17)6-2-9(14)8(13)3-7(6)12/h2-3,10-11,16-17H,4,14H2,1H3. The van der Waals surface area contributed by atoms with E-state index >= 15 is 0 Å². The molecule has 2 atom stereocenters. The number of anilines is 1. The van der Waals surface area contributed by atoms with E-state index in [-0.39, 0.29) is 22.1 Å². The Kier molecular flexibility index (Phi) is 5.06. The van der Waals surface area contributed by atoms with Gasteiger partial charge in [0.15, 0.2) is 5.12 Å². The first-order chi connectivity index (χ1) is 8.32. The third-order valence-electron chi connectivity index (χ3n) is 2.26. The number of benzene rings is 1. The van der Waals surface area contributed by atoms with Crippen molar-refractivity contribution in [3.63, 3.8) is 0 Å². The molecule has 0 saturated carbocycles. The Morgan fingerprint density at radius 2 is 2.00 bits per heavy atom. The van der Waals surface area contributed by atoms with E-state index in [2.05, 4.69) is 0 Å². The van der Waals surface area contributed by atoms with E-state index in [1.165, 1.54) is 6.92 Å². The Balaban J connectivity index is 2.86. The molecule has 0 aliphatic heterocycles. The molecule has 100 valence electrons. The maximum atomic E-state index is 13.4. The molecule has 7 heteroatoms. The fourth-order valence-electron chi connectivity index (χ4n) is 1.31. The fraction of sp³-hybridized carbons (Fsp3) is 0.364. The second kappa shape index (κ2) is 6.12. The third kappa shape index (κ3) is 3.66. The lowest BCUT2D eigenvalue weighted by atomic mass is 10.0. The van der Waals surface area contributed by atoms with Gasteiger partial charge in [0, 0.05) is 24.3 Å². The van der Waals surface area contributed by atoms with Crippen LogP contribution < -0.4 is 5.73 Å². The first-order valence-electron chi connectivity index (χ1n) is 5.06. The molecule has 0 spiro atoms. The molecule has 0 aromatic heterocycles. The molecule has 0 aliphatic carbocycles. The van der Waals surface area contributed by atoms with Gasteiger partial charge in [0.05, 0.1) is 11.8 Å². The van der Waals surface area contributed by atoms with Crippen molar-refractivity contribution >= 4 is 22.6 Å². The summed E-state index contributed by atoms with van der Waals surface area (Å²) in [6, 6.07) is 1.47. The molecule has 1 aromatic rings. The van der Waals surface area contributed by atoms with Crippen LogP contribution in [-0.4, -0.2) is 27.2 Å². The van der Waals surface area contributed by atoms with E-state index in [4.69, 9.17) is 5.73 Å². The summed E-state index contributed by atoms with van der Waals surface area (Å²) in [5, 5.41) is 19.1. The molecule has 4 nitrogen and oxygen atoms in total. The van der Waals surface area contributed by atoms with Crippen molar-refractivity contribution in [2.75, 3.05) is 11.5 Å². The summed E-state index contributed by atoms with van der Waals surface area (Å²) in [7, 11) is 0. The highest BCUT2D eigenvalue weighted by atomic mass is 32.2. The molecule has 4 N–H and O–H groups in total. The smallest absolute Gasteiger partial charge is 0.185 e. The number of carbonyl (C=O) groups excluding carboxylic acids is 1. The predicted molar refractivity (Wildman–Crippen MR) is 64.9 cm³/mol. The Hall–Kier alpha value is -1.18. The van der Waals surface area contributed by atoms with Crippen molar-refractivity contribution in [3.8, 4) is 0 Å². The summed E-state index contributed by atoms with van der Waals surface area (Å²) in [4.78, 5) is 10.7. The van der Waals surface area contributed by atoms with Crippen molar-refractivity contribution < 1.29 is 23.8 Å². The number of nitrogens with two attached hydrogens (primary N) is 1. The summed E-state index contributed by atoms with van der Waals surface area (Å²) in [5.74, 6) is -2.02. The topological polar surface area (TPSA) is 83.5 Å². The Labute approximate surface area is 107 Å². The largest absolute Gasteiger partial charge is 0.396 e. The van der Waals surface area contributed by atoms with E-state index < -0.39 is 23.8 Å². The van der Waals surface area contributed by atoms with Gasteiger partial charge in [-0.1, -0.05) is 11.8 Å². The van der Waals surface area contributed by atoms with Gasteiger partial charge < -0.3 is 15.9 Å². The van der Waals surface area contributed by atoms with Crippen LogP contribution in [0.4, 0.5) is 14.5 Å². The van der Waals surface area contributed by atoms with Gasteiger partial charge in [-0.25, -0.2) is 8.78 Å². The van der Waals surface area contributed by atoms with Gasteiger partial charge in [-0.3, -0.25) is 4.79 Å².